The first-order valence-electron chi connectivity index (χ1n) is 18.6. The van der Waals surface area contributed by atoms with Crippen LogP contribution in [-0.4, -0.2) is 94.1 Å². The Bertz CT molecular complexity index is 1770. The van der Waals surface area contributed by atoms with Gasteiger partial charge in [0.15, 0.2) is 0 Å². The normalized spacial score (nSPS) is 34.3. The van der Waals surface area contributed by atoms with E-state index in [1.165, 1.54) is 11.8 Å². The molecule has 0 spiro atoms. The van der Waals surface area contributed by atoms with E-state index >= 15 is 0 Å². The molecule has 0 radical (unpaired) electrons. The van der Waals surface area contributed by atoms with Gasteiger partial charge in [-0.1, -0.05) is 40.5 Å². The van der Waals surface area contributed by atoms with Crippen LogP contribution in [0.4, 0.5) is 13.6 Å². The predicted molar refractivity (Wildman–Crippen MR) is 187 cm³/mol. The van der Waals surface area contributed by atoms with Gasteiger partial charge < -0.3 is 25.0 Å². The van der Waals surface area contributed by atoms with Crippen LogP contribution in [0.15, 0.2) is 6.20 Å². The summed E-state index contributed by atoms with van der Waals surface area (Å²) in [6, 6.07) is -2.56. The van der Waals surface area contributed by atoms with Gasteiger partial charge in [-0.2, -0.15) is 0 Å². The predicted octanol–water partition coefficient (Wildman–Crippen LogP) is 3.55. The quantitative estimate of drug-likeness (QED) is 0.387. The second-order valence-corrected chi connectivity index (χ2v) is 19.5. The second-order valence-electron chi connectivity index (χ2n) is 17.4. The molecule has 53 heavy (non-hydrogen) atoms. The molecule has 2 bridgehead atoms. The summed E-state index contributed by atoms with van der Waals surface area (Å²) in [5.41, 5.74) is -2.57. The summed E-state index contributed by atoms with van der Waals surface area (Å²) in [6.07, 6.45) is 1.84. The van der Waals surface area contributed by atoms with E-state index in [4.69, 9.17) is 9.47 Å². The number of hydrogen-bond donors (Lipinski definition) is 3. The molecule has 3 heterocycles. The number of aromatic nitrogens is 2. The van der Waals surface area contributed by atoms with Crippen molar-refractivity contribution in [1.82, 2.24) is 30.2 Å². The molecule has 5 aliphatic rings. The summed E-state index contributed by atoms with van der Waals surface area (Å²) in [4.78, 5) is 66.3. The van der Waals surface area contributed by atoms with Crippen molar-refractivity contribution < 1.29 is 45.9 Å². The molecule has 2 aliphatic heterocycles. The van der Waals surface area contributed by atoms with Crippen molar-refractivity contribution in [2.75, 3.05) is 6.54 Å². The minimum atomic E-state index is -4.22. The van der Waals surface area contributed by atoms with Crippen LogP contribution in [0.3, 0.4) is 0 Å². The fourth-order valence-corrected chi connectivity index (χ4v) is 9.04. The van der Waals surface area contributed by atoms with Crippen LogP contribution >= 0.6 is 0 Å². The summed E-state index contributed by atoms with van der Waals surface area (Å²) in [5.74, 6) is -4.83. The van der Waals surface area contributed by atoms with E-state index in [1.807, 2.05) is 11.6 Å². The van der Waals surface area contributed by atoms with Crippen LogP contribution in [0.1, 0.15) is 104 Å². The fraction of sp³-hybridized carbons (Fsp3) is 0.778. The van der Waals surface area contributed by atoms with E-state index in [0.717, 1.165) is 25.7 Å². The first-order chi connectivity index (χ1) is 24.6. The number of carbonyl (C=O) groups is 4. The lowest BCUT2D eigenvalue weighted by Crippen LogP contribution is -2.61. The highest BCUT2D eigenvalue weighted by Gasteiger charge is 2.67. The highest BCUT2D eigenvalue weighted by Crippen LogP contribution is 2.51. The van der Waals surface area contributed by atoms with Gasteiger partial charge in [-0.3, -0.25) is 24.1 Å². The van der Waals surface area contributed by atoms with Gasteiger partial charge in [-0.05, 0) is 71.1 Å². The number of sulfonamides is 1. The number of nitrogens with one attached hydrogen (secondary N) is 3. The van der Waals surface area contributed by atoms with Crippen molar-refractivity contribution in [2.24, 2.45) is 23.2 Å². The number of ether oxygens (including phenoxy) is 2. The highest BCUT2D eigenvalue weighted by atomic mass is 32.2. The first-order valence-corrected chi connectivity index (χ1v) is 20.1. The summed E-state index contributed by atoms with van der Waals surface area (Å²) in [5, 5.41) is 5.21. The van der Waals surface area contributed by atoms with Gasteiger partial charge in [0.05, 0.1) is 22.9 Å². The number of hydrogen-bond acceptors (Lipinski definition) is 10. The Morgan fingerprint density at radius 2 is 1.81 bits per heavy atom. The topological polar surface area (TPSA) is 186 Å². The molecule has 0 aromatic carbocycles. The van der Waals surface area contributed by atoms with Crippen LogP contribution in [0, 0.1) is 30.1 Å². The maximum absolute atomic E-state index is 14.6. The zero-order chi connectivity index (χ0) is 38.9. The van der Waals surface area contributed by atoms with Crippen molar-refractivity contribution in [1.29, 1.82) is 0 Å². The molecule has 8 atom stereocenters. The molecule has 3 aliphatic carbocycles. The smallest absolute Gasteiger partial charge is 0.408 e. The Morgan fingerprint density at radius 1 is 1.11 bits per heavy atom. The maximum Gasteiger partial charge on any atom is 0.408 e. The largest absolute Gasteiger partial charge is 0.471 e. The minimum Gasteiger partial charge on any atom is -0.471 e. The molecule has 0 unspecified atom stereocenters. The van der Waals surface area contributed by atoms with Crippen LogP contribution in [0.5, 0.6) is 5.88 Å². The average Bonchev–Trinajstić information content (AvgIpc) is 4.00. The summed E-state index contributed by atoms with van der Waals surface area (Å²) >= 11 is 0. The SMILES string of the molecule is Cc1cnc2c(n1)O[C@H]1CN(C(=O)[C@H](C(C)(C)C)NC(=O)O[C@@]3(C)C[C@@H]3CCCCC2)[C@H](C(=O)N[C@]2(C(=O)NS(=O)(=O)C3(C)CC3)C[C@H]2C(F)F)[C@@H]1C. The fourth-order valence-electron chi connectivity index (χ4n) is 7.73. The standard InChI is InChI=1S/C36H52F2N6O8S/c1-19-17-39-23-12-10-8-9-11-21-15-35(21,7)52-32(48)41-26(33(3,4)5)30(46)44-18-24(51-29(23)40-19)20(2)25(44)28(45)42-36(16-22(36)27(37)38)31(47)43-53(49,50)34(6)13-14-34/h17,20-22,24-27H,8-16,18H2,1-7H3,(H,41,48)(H,42,45)(H,43,47)/t20-,21+,22+,24+,25+,26-,35+,36-/m1/s1. The van der Waals surface area contributed by atoms with Gasteiger partial charge in [0.25, 0.3) is 5.91 Å². The molecule has 1 saturated heterocycles. The zero-order valence-electron chi connectivity index (χ0n) is 31.5. The lowest BCUT2D eigenvalue weighted by molar-refractivity contribution is -0.143. The van der Waals surface area contributed by atoms with Crippen LogP contribution < -0.4 is 20.1 Å². The molecule has 17 heteroatoms. The Balaban J connectivity index is 1.34. The average molecular weight is 767 g/mol. The first kappa shape index (κ1) is 39.1. The molecule has 294 valence electrons. The van der Waals surface area contributed by atoms with Gasteiger partial charge >= 0.3 is 6.09 Å². The van der Waals surface area contributed by atoms with Crippen LogP contribution in [-0.2, 0) is 35.6 Å². The number of aryl methyl sites for hydroxylation is 2. The van der Waals surface area contributed by atoms with Gasteiger partial charge in [0.1, 0.15) is 35.0 Å². The van der Waals surface area contributed by atoms with Crippen LogP contribution in [0.25, 0.3) is 0 Å². The lowest BCUT2D eigenvalue weighted by atomic mass is 9.85. The Morgan fingerprint density at radius 3 is 2.43 bits per heavy atom. The van der Waals surface area contributed by atoms with Gasteiger partial charge in [-0.15, -0.1) is 0 Å². The lowest BCUT2D eigenvalue weighted by Gasteiger charge is -2.36. The minimum absolute atomic E-state index is 0.152. The van der Waals surface area contributed by atoms with Gasteiger partial charge in [-0.25, -0.2) is 27.0 Å². The molecule has 4 fully saturated rings. The zero-order valence-corrected chi connectivity index (χ0v) is 32.3. The second kappa shape index (κ2) is 13.6. The molecule has 1 aromatic heterocycles. The molecule has 3 N–H and O–H groups in total. The van der Waals surface area contributed by atoms with E-state index in [2.05, 4.69) is 20.6 Å². The number of amides is 4. The molecule has 14 nitrogen and oxygen atoms in total. The van der Waals surface area contributed by atoms with E-state index in [9.17, 15) is 36.4 Å². The number of rotatable bonds is 6. The number of nitrogens with zero attached hydrogens (tertiary/aromatic N) is 3. The molecule has 4 amide bonds. The van der Waals surface area contributed by atoms with E-state index in [-0.39, 0.29) is 18.3 Å². The summed E-state index contributed by atoms with van der Waals surface area (Å²) < 4.78 is 67.4. The molecule has 6 rings (SSSR count). The van der Waals surface area contributed by atoms with E-state index in [1.54, 1.807) is 40.8 Å². The van der Waals surface area contributed by atoms with Gasteiger partial charge in [0, 0.05) is 18.0 Å². The van der Waals surface area contributed by atoms with E-state index < -0.39 is 98.0 Å². The monoisotopic (exact) mass is 766 g/mol. The van der Waals surface area contributed by atoms with Crippen molar-refractivity contribution in [3.63, 3.8) is 0 Å². The molecular weight excluding hydrogens is 714 g/mol. The number of alkyl halides is 2. The van der Waals surface area contributed by atoms with Crippen molar-refractivity contribution in [2.45, 2.75) is 147 Å². The third-order valence-electron chi connectivity index (χ3n) is 12.0. The third-order valence-corrected chi connectivity index (χ3v) is 14.1. The molecule has 3 saturated carbocycles. The third kappa shape index (κ3) is 7.68. The van der Waals surface area contributed by atoms with Gasteiger partial charge in [0.2, 0.25) is 34.1 Å². The molecule has 1 aromatic rings. The number of fused-ring (bicyclic) bond motifs is 4. The molecular formula is C36H52F2N6O8S. The Kier molecular flexibility index (Phi) is 10.0. The summed E-state index contributed by atoms with van der Waals surface area (Å²) in [6.45, 7) is 11.8. The number of halogens is 2. The maximum atomic E-state index is 14.6. The van der Waals surface area contributed by atoms with Crippen molar-refractivity contribution >= 4 is 33.8 Å². The number of alkyl carbamates (subject to hydrolysis) is 1. The highest BCUT2D eigenvalue weighted by molar-refractivity contribution is 7.91. The number of carbonyl (C=O) groups excluding carboxylic acids is 4. The van der Waals surface area contributed by atoms with Crippen molar-refractivity contribution in [3.8, 4) is 5.88 Å². The Labute approximate surface area is 309 Å². The Hall–Kier alpha value is -3.63. The van der Waals surface area contributed by atoms with E-state index in [0.29, 0.717) is 37.1 Å². The van der Waals surface area contributed by atoms with Crippen LogP contribution in [0.2, 0.25) is 0 Å². The summed E-state index contributed by atoms with van der Waals surface area (Å²) in [7, 11) is -4.22. The van der Waals surface area contributed by atoms with Crippen molar-refractivity contribution in [3.05, 3.63) is 17.6 Å².